The fourth-order valence-corrected chi connectivity index (χ4v) is 3.24. The molecule has 1 aliphatic carbocycles. The molecule has 2 aromatic rings. The van der Waals surface area contributed by atoms with Crippen molar-refractivity contribution in [2.75, 3.05) is 5.32 Å². The summed E-state index contributed by atoms with van der Waals surface area (Å²) in [6, 6.07) is 15.2. The van der Waals surface area contributed by atoms with E-state index in [-0.39, 0.29) is 6.42 Å². The molecule has 1 saturated carbocycles. The summed E-state index contributed by atoms with van der Waals surface area (Å²) < 4.78 is 0. The van der Waals surface area contributed by atoms with Gasteiger partial charge in [-0.15, -0.1) is 0 Å². The molecule has 25 heavy (non-hydrogen) atoms. The van der Waals surface area contributed by atoms with Gasteiger partial charge in [-0.25, -0.2) is 0 Å². The molecule has 0 aromatic heterocycles. The summed E-state index contributed by atoms with van der Waals surface area (Å²) in [5.41, 5.74) is 4.86. The number of rotatable bonds is 6. The highest BCUT2D eigenvalue weighted by atomic mass is 16.4. The first-order chi connectivity index (χ1) is 12.0. The van der Waals surface area contributed by atoms with Crippen molar-refractivity contribution in [3.05, 3.63) is 65.7 Å². The van der Waals surface area contributed by atoms with Crippen LogP contribution in [0.5, 0.6) is 0 Å². The van der Waals surface area contributed by atoms with Crippen LogP contribution in [-0.4, -0.2) is 28.7 Å². The minimum absolute atomic E-state index is 0.0556. The van der Waals surface area contributed by atoms with Crippen molar-refractivity contribution in [3.8, 4) is 0 Å². The molecule has 0 saturated heterocycles. The number of carboxylic acid groups (broad SMARTS) is 1. The fraction of sp³-hybridized carbons (Fsp3) is 0.167. The number of ketones is 1. The zero-order valence-electron chi connectivity index (χ0n) is 13.3. The molecule has 7 nitrogen and oxygen atoms in total. The molecule has 0 spiro atoms. The predicted octanol–water partition coefficient (Wildman–Crippen LogP) is 1.31. The molecule has 2 unspecified atom stereocenters. The number of hydrazone groups is 1. The molecule has 2 aromatic carbocycles. The summed E-state index contributed by atoms with van der Waals surface area (Å²) in [6.45, 7) is 0. The van der Waals surface area contributed by atoms with Crippen LogP contribution < -0.4 is 16.9 Å². The maximum atomic E-state index is 13.0. The van der Waals surface area contributed by atoms with E-state index in [0.717, 1.165) is 0 Å². The summed E-state index contributed by atoms with van der Waals surface area (Å²) in [5, 5.41) is 15.9. The Hall–Kier alpha value is -3.19. The number of carbonyl (C=O) groups is 2. The molecule has 6 N–H and O–H groups in total. The standard InChI is InChI=1S/C18H18N4O3/c19-18(10-17(18,16(24)25)13-6-2-1-3-7-13)15(23)12-5-4-8-14(9-12)21-11-22-20/h1-9,11H,10,19-20H2,(H,21,22)(H,24,25). The van der Waals surface area contributed by atoms with Crippen molar-refractivity contribution in [3.63, 3.8) is 0 Å². The van der Waals surface area contributed by atoms with Gasteiger partial charge in [0.1, 0.15) is 17.3 Å². The Balaban J connectivity index is 1.96. The van der Waals surface area contributed by atoms with Gasteiger partial charge in [-0.05, 0) is 24.1 Å². The highest BCUT2D eigenvalue weighted by Gasteiger charge is 2.75. The minimum Gasteiger partial charge on any atom is -0.481 e. The van der Waals surface area contributed by atoms with Crippen LogP contribution in [0.1, 0.15) is 22.3 Å². The monoisotopic (exact) mass is 338 g/mol. The number of Topliss-reactive ketones (excluding diaryl/α,β-unsaturated/α-hetero) is 1. The number of nitrogens with two attached hydrogens (primary N) is 2. The molecule has 0 bridgehead atoms. The number of aliphatic carboxylic acids is 1. The molecule has 0 amide bonds. The first kappa shape index (κ1) is 16.7. The average molecular weight is 338 g/mol. The normalized spacial score (nSPS) is 24.8. The predicted molar refractivity (Wildman–Crippen MR) is 94.4 cm³/mol. The topological polar surface area (TPSA) is 131 Å². The largest absolute Gasteiger partial charge is 0.481 e. The molecular formula is C18H18N4O3. The van der Waals surface area contributed by atoms with Crippen molar-refractivity contribution in [1.82, 2.24) is 0 Å². The smallest absolute Gasteiger partial charge is 0.316 e. The quantitative estimate of drug-likeness (QED) is 0.206. The van der Waals surface area contributed by atoms with Gasteiger partial charge in [-0.2, -0.15) is 5.10 Å². The number of hydrogen-bond donors (Lipinski definition) is 4. The van der Waals surface area contributed by atoms with Crippen molar-refractivity contribution >= 4 is 23.8 Å². The number of hydrogen-bond acceptors (Lipinski definition) is 5. The number of nitrogens with one attached hydrogen (secondary N) is 1. The van der Waals surface area contributed by atoms with Crippen molar-refractivity contribution in [2.24, 2.45) is 16.7 Å². The molecule has 7 heteroatoms. The maximum absolute atomic E-state index is 13.0. The van der Waals surface area contributed by atoms with E-state index < -0.39 is 22.7 Å². The zero-order chi connectivity index (χ0) is 18.1. The molecular weight excluding hydrogens is 320 g/mol. The highest BCUT2D eigenvalue weighted by molar-refractivity contribution is 6.13. The number of nitrogens with zero attached hydrogens (tertiary/aromatic N) is 1. The van der Waals surface area contributed by atoms with Gasteiger partial charge in [0.2, 0.25) is 0 Å². The number of carboxylic acids is 1. The lowest BCUT2D eigenvalue weighted by atomic mass is 9.87. The summed E-state index contributed by atoms with van der Waals surface area (Å²) in [5.74, 6) is 3.53. The van der Waals surface area contributed by atoms with E-state index in [9.17, 15) is 14.7 Å². The Bertz CT molecular complexity index is 852. The first-order valence-corrected chi connectivity index (χ1v) is 7.66. The third kappa shape index (κ3) is 2.54. The molecule has 2 atom stereocenters. The van der Waals surface area contributed by atoms with Gasteiger partial charge >= 0.3 is 5.97 Å². The Kier molecular flexibility index (Phi) is 4.02. The van der Waals surface area contributed by atoms with E-state index in [1.54, 1.807) is 54.6 Å². The average Bonchev–Trinajstić information content (AvgIpc) is 3.29. The van der Waals surface area contributed by atoms with Gasteiger partial charge in [-0.1, -0.05) is 42.5 Å². The minimum atomic E-state index is -1.49. The van der Waals surface area contributed by atoms with Crippen LogP contribution in [0.15, 0.2) is 59.7 Å². The van der Waals surface area contributed by atoms with Crippen LogP contribution >= 0.6 is 0 Å². The van der Waals surface area contributed by atoms with E-state index in [1.165, 1.54) is 6.34 Å². The van der Waals surface area contributed by atoms with Gasteiger partial charge in [0.05, 0.1) is 0 Å². The molecule has 3 rings (SSSR count). The lowest BCUT2D eigenvalue weighted by Gasteiger charge is -2.19. The second-order valence-electron chi connectivity index (χ2n) is 6.06. The van der Waals surface area contributed by atoms with Crippen LogP contribution in [-0.2, 0) is 10.2 Å². The van der Waals surface area contributed by atoms with Crippen molar-refractivity contribution < 1.29 is 14.7 Å². The van der Waals surface area contributed by atoms with E-state index in [1.807, 2.05) is 0 Å². The Labute approximate surface area is 144 Å². The third-order valence-electron chi connectivity index (χ3n) is 4.65. The summed E-state index contributed by atoms with van der Waals surface area (Å²) in [6.07, 6.45) is 1.34. The lowest BCUT2D eigenvalue weighted by Crippen LogP contribution is -2.45. The summed E-state index contributed by atoms with van der Waals surface area (Å²) in [4.78, 5) is 24.9. The Morgan fingerprint density at radius 1 is 1.16 bits per heavy atom. The number of benzene rings is 2. The van der Waals surface area contributed by atoms with Crippen LogP contribution in [0.3, 0.4) is 0 Å². The number of carbonyl (C=O) groups excluding carboxylic acids is 1. The molecule has 0 aliphatic heterocycles. The Morgan fingerprint density at radius 3 is 2.52 bits per heavy atom. The van der Waals surface area contributed by atoms with Gasteiger partial charge in [0.15, 0.2) is 5.78 Å². The maximum Gasteiger partial charge on any atom is 0.316 e. The van der Waals surface area contributed by atoms with E-state index in [0.29, 0.717) is 16.8 Å². The molecule has 128 valence electrons. The van der Waals surface area contributed by atoms with Crippen LogP contribution in [0, 0.1) is 0 Å². The van der Waals surface area contributed by atoms with Crippen LogP contribution in [0.2, 0.25) is 0 Å². The van der Waals surface area contributed by atoms with E-state index >= 15 is 0 Å². The van der Waals surface area contributed by atoms with E-state index in [2.05, 4.69) is 10.4 Å². The Morgan fingerprint density at radius 2 is 1.88 bits per heavy atom. The third-order valence-corrected chi connectivity index (χ3v) is 4.65. The second-order valence-corrected chi connectivity index (χ2v) is 6.06. The van der Waals surface area contributed by atoms with Crippen molar-refractivity contribution in [1.29, 1.82) is 0 Å². The van der Waals surface area contributed by atoms with Crippen LogP contribution in [0.4, 0.5) is 5.69 Å². The highest BCUT2D eigenvalue weighted by Crippen LogP contribution is 2.57. The van der Waals surface area contributed by atoms with Crippen LogP contribution in [0.25, 0.3) is 0 Å². The summed E-state index contributed by atoms with van der Waals surface area (Å²) in [7, 11) is 0. The molecule has 1 aliphatic rings. The fourth-order valence-electron chi connectivity index (χ4n) is 3.24. The molecule has 0 heterocycles. The van der Waals surface area contributed by atoms with Gasteiger partial charge < -0.3 is 22.0 Å². The number of anilines is 1. The molecule has 0 radical (unpaired) electrons. The van der Waals surface area contributed by atoms with E-state index in [4.69, 9.17) is 11.6 Å². The van der Waals surface area contributed by atoms with Gasteiger partial charge in [0, 0.05) is 11.3 Å². The first-order valence-electron chi connectivity index (χ1n) is 7.66. The van der Waals surface area contributed by atoms with Gasteiger partial charge in [0.25, 0.3) is 0 Å². The summed E-state index contributed by atoms with van der Waals surface area (Å²) >= 11 is 0. The lowest BCUT2D eigenvalue weighted by molar-refractivity contribution is -0.140. The van der Waals surface area contributed by atoms with Gasteiger partial charge in [-0.3, -0.25) is 9.59 Å². The molecule has 1 fully saturated rings. The second kappa shape index (κ2) is 6.03. The van der Waals surface area contributed by atoms with Crippen molar-refractivity contribution in [2.45, 2.75) is 17.4 Å². The SMILES string of the molecule is NN=CNc1cccc(C(=O)C2(N)CC2(C(=O)O)c2ccccc2)c1. The zero-order valence-corrected chi connectivity index (χ0v) is 13.3.